The molecule has 0 unspecified atom stereocenters. The number of hydrogen-bond donors (Lipinski definition) is 2. The Bertz CT molecular complexity index is 509. The molecule has 0 spiro atoms. The number of thiazole rings is 1. The van der Waals surface area contributed by atoms with Crippen molar-refractivity contribution < 1.29 is 14.3 Å². The summed E-state index contributed by atoms with van der Waals surface area (Å²) in [5, 5.41) is 5.74. The first-order valence-electron chi connectivity index (χ1n) is 7.13. The molecule has 0 bridgehead atoms. The van der Waals surface area contributed by atoms with E-state index < -0.39 is 5.41 Å². The number of rotatable bonds is 6. The van der Waals surface area contributed by atoms with Gasteiger partial charge < -0.3 is 15.8 Å². The van der Waals surface area contributed by atoms with Crippen molar-refractivity contribution in [2.45, 2.75) is 32.6 Å². The summed E-state index contributed by atoms with van der Waals surface area (Å²) in [4.78, 5) is 28.0. The van der Waals surface area contributed by atoms with Gasteiger partial charge in [-0.05, 0) is 19.3 Å². The number of aryl methyl sites for hydroxylation is 1. The number of primary amides is 1. The fraction of sp³-hybridized carbons (Fsp3) is 0.643. The Morgan fingerprint density at radius 1 is 1.48 bits per heavy atom. The van der Waals surface area contributed by atoms with Gasteiger partial charge in [-0.2, -0.15) is 0 Å². The molecule has 1 aliphatic rings. The van der Waals surface area contributed by atoms with E-state index in [2.05, 4.69) is 10.3 Å². The lowest BCUT2D eigenvalue weighted by atomic mass is 9.79. The number of carbonyl (C=O) groups excluding carboxylic acids is 2. The summed E-state index contributed by atoms with van der Waals surface area (Å²) in [6, 6.07) is 0. The molecule has 0 saturated carbocycles. The molecule has 21 heavy (non-hydrogen) atoms. The van der Waals surface area contributed by atoms with Gasteiger partial charge in [0.2, 0.25) is 11.8 Å². The second-order valence-corrected chi connectivity index (χ2v) is 6.24. The Labute approximate surface area is 128 Å². The van der Waals surface area contributed by atoms with Crippen LogP contribution in [0.25, 0.3) is 0 Å². The van der Waals surface area contributed by atoms with Gasteiger partial charge in [0, 0.05) is 25.1 Å². The maximum Gasteiger partial charge on any atom is 0.226 e. The molecular formula is C14H21N3O3S. The van der Waals surface area contributed by atoms with Crippen LogP contribution in [0.4, 0.5) is 0 Å². The molecule has 1 fully saturated rings. The van der Waals surface area contributed by atoms with Crippen molar-refractivity contribution >= 4 is 23.2 Å². The summed E-state index contributed by atoms with van der Waals surface area (Å²) in [5.41, 5.74) is 5.60. The summed E-state index contributed by atoms with van der Waals surface area (Å²) in [7, 11) is 0. The van der Waals surface area contributed by atoms with E-state index in [0.29, 0.717) is 26.1 Å². The van der Waals surface area contributed by atoms with Crippen LogP contribution in [-0.2, 0) is 27.2 Å². The Balaban J connectivity index is 1.88. The zero-order valence-corrected chi connectivity index (χ0v) is 13.0. The lowest BCUT2D eigenvalue weighted by Crippen LogP contribution is -2.49. The van der Waals surface area contributed by atoms with Crippen molar-refractivity contribution in [1.82, 2.24) is 10.3 Å². The summed E-state index contributed by atoms with van der Waals surface area (Å²) >= 11 is 1.56. The fourth-order valence-electron chi connectivity index (χ4n) is 2.36. The van der Waals surface area contributed by atoms with Crippen LogP contribution in [0, 0.1) is 5.41 Å². The van der Waals surface area contributed by atoms with Crippen LogP contribution in [0.2, 0.25) is 0 Å². The molecule has 2 heterocycles. The van der Waals surface area contributed by atoms with Crippen molar-refractivity contribution in [2.24, 2.45) is 11.1 Å². The van der Waals surface area contributed by atoms with Gasteiger partial charge in [0.15, 0.2) is 0 Å². The molecule has 6 nitrogen and oxygen atoms in total. The lowest BCUT2D eigenvalue weighted by molar-refractivity contribution is -0.133. The first-order valence-corrected chi connectivity index (χ1v) is 8.01. The van der Waals surface area contributed by atoms with E-state index >= 15 is 0 Å². The molecule has 3 N–H and O–H groups in total. The highest BCUT2D eigenvalue weighted by Crippen LogP contribution is 2.29. The van der Waals surface area contributed by atoms with Gasteiger partial charge >= 0.3 is 0 Å². The molecule has 116 valence electrons. The number of ether oxygens (including phenoxy) is 1. The number of carbonyl (C=O) groups is 2. The van der Waals surface area contributed by atoms with Gasteiger partial charge in [0.25, 0.3) is 0 Å². The Hall–Kier alpha value is -1.47. The highest BCUT2D eigenvalue weighted by Gasteiger charge is 2.38. The molecule has 1 aromatic rings. The molecule has 2 amide bonds. The quantitative estimate of drug-likeness (QED) is 0.806. The average Bonchev–Trinajstić information content (AvgIpc) is 2.93. The molecule has 2 rings (SSSR count). The van der Waals surface area contributed by atoms with Crippen molar-refractivity contribution in [3.8, 4) is 0 Å². The maximum absolute atomic E-state index is 12.0. The number of hydrogen-bond acceptors (Lipinski definition) is 5. The highest BCUT2D eigenvalue weighted by atomic mass is 32.1. The number of nitrogens with one attached hydrogen (secondary N) is 1. The topological polar surface area (TPSA) is 94.3 Å². The second kappa shape index (κ2) is 7.00. The smallest absolute Gasteiger partial charge is 0.226 e. The standard InChI is InChI=1S/C14H21N3O3S/c1-2-12-17-10(8-21-12)7-11(18)16-9-14(13(15)19)3-5-20-6-4-14/h8H,2-7,9H2,1H3,(H2,15,19)(H,16,18). The van der Waals surface area contributed by atoms with Crippen LogP contribution in [0.1, 0.15) is 30.5 Å². The van der Waals surface area contributed by atoms with Crippen LogP contribution in [0.15, 0.2) is 5.38 Å². The van der Waals surface area contributed by atoms with E-state index in [1.165, 1.54) is 0 Å². The molecule has 1 aromatic heterocycles. The predicted octanol–water partition coefficient (Wildman–Crippen LogP) is 0.646. The molecule has 0 atom stereocenters. The first kappa shape index (κ1) is 15.9. The minimum atomic E-state index is -0.676. The van der Waals surface area contributed by atoms with Gasteiger partial charge in [-0.25, -0.2) is 4.98 Å². The van der Waals surface area contributed by atoms with Crippen molar-refractivity contribution in [2.75, 3.05) is 19.8 Å². The Kier molecular flexibility index (Phi) is 5.30. The summed E-state index contributed by atoms with van der Waals surface area (Å²) in [5.74, 6) is -0.497. The molecule has 0 aromatic carbocycles. The zero-order chi connectivity index (χ0) is 15.3. The van der Waals surface area contributed by atoms with E-state index in [-0.39, 0.29) is 24.8 Å². The summed E-state index contributed by atoms with van der Waals surface area (Å²) in [6.07, 6.45) is 2.22. The van der Waals surface area contributed by atoms with E-state index in [4.69, 9.17) is 10.5 Å². The monoisotopic (exact) mass is 311 g/mol. The van der Waals surface area contributed by atoms with Crippen molar-refractivity contribution in [3.63, 3.8) is 0 Å². The highest BCUT2D eigenvalue weighted by molar-refractivity contribution is 7.09. The SMILES string of the molecule is CCc1nc(CC(=O)NCC2(C(N)=O)CCOCC2)cs1. The van der Waals surface area contributed by atoms with Crippen LogP contribution >= 0.6 is 11.3 Å². The fourth-order valence-corrected chi connectivity index (χ4v) is 3.10. The third-order valence-electron chi connectivity index (χ3n) is 3.84. The van der Waals surface area contributed by atoms with E-state index in [1.807, 2.05) is 12.3 Å². The molecule has 0 radical (unpaired) electrons. The van der Waals surface area contributed by atoms with Gasteiger partial charge in [0.1, 0.15) is 0 Å². The van der Waals surface area contributed by atoms with Gasteiger partial charge in [-0.3, -0.25) is 9.59 Å². The van der Waals surface area contributed by atoms with Crippen LogP contribution in [0.5, 0.6) is 0 Å². The number of aromatic nitrogens is 1. The van der Waals surface area contributed by atoms with Crippen LogP contribution in [0.3, 0.4) is 0 Å². The molecule has 1 saturated heterocycles. The number of amides is 2. The zero-order valence-electron chi connectivity index (χ0n) is 12.2. The maximum atomic E-state index is 12.0. The van der Waals surface area contributed by atoms with Crippen LogP contribution < -0.4 is 11.1 Å². The van der Waals surface area contributed by atoms with Crippen molar-refractivity contribution in [3.05, 3.63) is 16.1 Å². The third kappa shape index (κ3) is 4.01. The third-order valence-corrected chi connectivity index (χ3v) is 4.88. The molecular weight excluding hydrogens is 290 g/mol. The Morgan fingerprint density at radius 2 is 2.19 bits per heavy atom. The second-order valence-electron chi connectivity index (χ2n) is 5.30. The van der Waals surface area contributed by atoms with E-state index in [0.717, 1.165) is 17.1 Å². The molecule has 1 aliphatic heterocycles. The number of nitrogens with zero attached hydrogens (tertiary/aromatic N) is 1. The molecule has 0 aliphatic carbocycles. The largest absolute Gasteiger partial charge is 0.381 e. The predicted molar refractivity (Wildman–Crippen MR) is 79.9 cm³/mol. The van der Waals surface area contributed by atoms with Gasteiger partial charge in [-0.15, -0.1) is 11.3 Å². The average molecular weight is 311 g/mol. The summed E-state index contributed by atoms with van der Waals surface area (Å²) < 4.78 is 5.26. The van der Waals surface area contributed by atoms with E-state index in [1.54, 1.807) is 11.3 Å². The Morgan fingerprint density at radius 3 is 2.76 bits per heavy atom. The normalized spacial score (nSPS) is 17.4. The molecule has 7 heteroatoms. The van der Waals surface area contributed by atoms with E-state index in [9.17, 15) is 9.59 Å². The van der Waals surface area contributed by atoms with Gasteiger partial charge in [0.05, 0.1) is 22.5 Å². The summed E-state index contributed by atoms with van der Waals surface area (Å²) in [6.45, 7) is 3.31. The first-order chi connectivity index (χ1) is 10.1. The van der Waals surface area contributed by atoms with Crippen molar-refractivity contribution in [1.29, 1.82) is 0 Å². The van der Waals surface area contributed by atoms with Gasteiger partial charge in [-0.1, -0.05) is 6.92 Å². The van der Waals surface area contributed by atoms with Crippen LogP contribution in [-0.4, -0.2) is 36.6 Å². The number of nitrogens with two attached hydrogens (primary N) is 1. The minimum Gasteiger partial charge on any atom is -0.381 e. The minimum absolute atomic E-state index is 0.130. The lowest BCUT2D eigenvalue weighted by Gasteiger charge is -2.34.